The van der Waals surface area contributed by atoms with Crippen molar-refractivity contribution in [2.24, 2.45) is 0 Å². The van der Waals surface area contributed by atoms with E-state index in [9.17, 15) is 14.4 Å². The van der Waals surface area contributed by atoms with Gasteiger partial charge in [-0.1, -0.05) is 17.7 Å². The van der Waals surface area contributed by atoms with Gasteiger partial charge in [0.2, 0.25) is 0 Å². The lowest BCUT2D eigenvalue weighted by atomic mass is 10.1. The van der Waals surface area contributed by atoms with Gasteiger partial charge in [-0.05, 0) is 51.0 Å². The molecular formula is C21H25ClN4O3. The van der Waals surface area contributed by atoms with E-state index in [4.69, 9.17) is 11.6 Å². The summed E-state index contributed by atoms with van der Waals surface area (Å²) < 4.78 is 0. The Morgan fingerprint density at radius 1 is 1.07 bits per heavy atom. The molecule has 1 aliphatic rings. The van der Waals surface area contributed by atoms with Gasteiger partial charge in [0.25, 0.3) is 5.91 Å². The number of H-pyrrole nitrogens is 1. The molecule has 0 unspecified atom stereocenters. The van der Waals surface area contributed by atoms with Crippen LogP contribution in [0.15, 0.2) is 24.3 Å². The second-order valence-electron chi connectivity index (χ2n) is 7.25. The Kier molecular flexibility index (Phi) is 6.27. The molecule has 29 heavy (non-hydrogen) atoms. The molecular weight excluding hydrogens is 392 g/mol. The van der Waals surface area contributed by atoms with E-state index in [-0.39, 0.29) is 17.7 Å². The first-order valence-electron chi connectivity index (χ1n) is 9.58. The molecule has 3 amide bonds. The van der Waals surface area contributed by atoms with Crippen LogP contribution in [0.5, 0.6) is 0 Å². The summed E-state index contributed by atoms with van der Waals surface area (Å²) >= 11 is 5.96. The third kappa shape index (κ3) is 4.62. The molecule has 3 rings (SSSR count). The number of amides is 3. The molecule has 1 fully saturated rings. The SMILES string of the molecule is CC(=O)c1c(C)[nH]c(C(=O)N2CCCN(C(=O)Nc3cccc(Cl)c3)CC2)c1C. The van der Waals surface area contributed by atoms with E-state index < -0.39 is 0 Å². The number of Topliss-reactive ketones (excluding diaryl/α,β-unsaturated/α-hetero) is 1. The number of hydrogen-bond acceptors (Lipinski definition) is 3. The third-order valence-electron chi connectivity index (χ3n) is 5.15. The van der Waals surface area contributed by atoms with Crippen LogP contribution in [0.4, 0.5) is 10.5 Å². The van der Waals surface area contributed by atoms with E-state index in [1.165, 1.54) is 6.92 Å². The molecule has 1 aromatic heterocycles. The van der Waals surface area contributed by atoms with Gasteiger partial charge in [0.05, 0.1) is 0 Å². The topological polar surface area (TPSA) is 85.5 Å². The first-order valence-corrected chi connectivity index (χ1v) is 9.96. The molecule has 154 valence electrons. The Balaban J connectivity index is 1.66. The first kappa shape index (κ1) is 20.9. The third-order valence-corrected chi connectivity index (χ3v) is 5.38. The number of carbonyl (C=O) groups excluding carboxylic acids is 3. The molecule has 0 spiro atoms. The highest BCUT2D eigenvalue weighted by molar-refractivity contribution is 6.30. The number of ketones is 1. The van der Waals surface area contributed by atoms with E-state index in [1.807, 2.05) is 0 Å². The molecule has 7 nitrogen and oxygen atoms in total. The van der Waals surface area contributed by atoms with Gasteiger partial charge in [-0.2, -0.15) is 0 Å². The zero-order valence-corrected chi connectivity index (χ0v) is 17.6. The van der Waals surface area contributed by atoms with Crippen LogP contribution in [0, 0.1) is 13.8 Å². The van der Waals surface area contributed by atoms with Crippen LogP contribution >= 0.6 is 11.6 Å². The average Bonchev–Trinajstić information content (AvgIpc) is 2.83. The lowest BCUT2D eigenvalue weighted by Crippen LogP contribution is -2.39. The minimum Gasteiger partial charge on any atom is -0.354 e. The van der Waals surface area contributed by atoms with Crippen molar-refractivity contribution in [2.75, 3.05) is 31.5 Å². The summed E-state index contributed by atoms with van der Waals surface area (Å²) in [6.07, 6.45) is 0.674. The largest absolute Gasteiger partial charge is 0.354 e. The molecule has 2 heterocycles. The standard InChI is InChI=1S/C21H25ClN4O3/c1-13-18(15(3)27)14(2)23-19(13)20(28)25-8-5-9-26(11-10-25)21(29)24-17-7-4-6-16(22)12-17/h4,6-7,12,23H,5,8-11H2,1-3H3,(H,24,29). The maximum absolute atomic E-state index is 13.0. The minimum atomic E-state index is -0.215. The Morgan fingerprint density at radius 2 is 1.76 bits per heavy atom. The van der Waals surface area contributed by atoms with Crippen molar-refractivity contribution >= 4 is 35.0 Å². The highest BCUT2D eigenvalue weighted by Gasteiger charge is 2.26. The summed E-state index contributed by atoms with van der Waals surface area (Å²) in [6, 6.07) is 6.77. The fourth-order valence-corrected chi connectivity index (χ4v) is 3.93. The number of urea groups is 1. The monoisotopic (exact) mass is 416 g/mol. The highest BCUT2D eigenvalue weighted by atomic mass is 35.5. The van der Waals surface area contributed by atoms with Crippen molar-refractivity contribution < 1.29 is 14.4 Å². The highest BCUT2D eigenvalue weighted by Crippen LogP contribution is 2.21. The molecule has 1 aromatic carbocycles. The summed E-state index contributed by atoms with van der Waals surface area (Å²) in [5.41, 5.74) is 3.04. The number of anilines is 1. The molecule has 0 aliphatic carbocycles. The van der Waals surface area contributed by atoms with Crippen molar-refractivity contribution in [3.63, 3.8) is 0 Å². The van der Waals surface area contributed by atoms with E-state index in [0.29, 0.717) is 65.8 Å². The van der Waals surface area contributed by atoms with Gasteiger partial charge in [0, 0.05) is 48.1 Å². The predicted octanol–water partition coefficient (Wildman–Crippen LogP) is 3.87. The lowest BCUT2D eigenvalue weighted by molar-refractivity contribution is 0.0756. The quantitative estimate of drug-likeness (QED) is 0.745. The minimum absolute atomic E-state index is 0.0602. The summed E-state index contributed by atoms with van der Waals surface area (Å²) in [5, 5.41) is 3.40. The number of carbonyl (C=O) groups is 3. The molecule has 0 bridgehead atoms. The number of nitrogens with one attached hydrogen (secondary N) is 2. The summed E-state index contributed by atoms with van der Waals surface area (Å²) in [5.74, 6) is -0.203. The van der Waals surface area contributed by atoms with Crippen LogP contribution in [0.2, 0.25) is 5.02 Å². The van der Waals surface area contributed by atoms with Crippen LogP contribution in [0.1, 0.15) is 45.4 Å². The van der Waals surface area contributed by atoms with E-state index >= 15 is 0 Å². The number of hydrogen-bond donors (Lipinski definition) is 2. The number of rotatable bonds is 3. The van der Waals surface area contributed by atoms with Crippen LogP contribution < -0.4 is 5.32 Å². The number of aryl methyl sites for hydroxylation is 1. The van der Waals surface area contributed by atoms with Crippen molar-refractivity contribution in [2.45, 2.75) is 27.2 Å². The van der Waals surface area contributed by atoms with Crippen molar-refractivity contribution in [3.8, 4) is 0 Å². The molecule has 0 atom stereocenters. The van der Waals surface area contributed by atoms with Crippen molar-refractivity contribution in [1.29, 1.82) is 0 Å². The molecule has 2 N–H and O–H groups in total. The fourth-order valence-electron chi connectivity index (χ4n) is 3.74. The van der Waals surface area contributed by atoms with Gasteiger partial charge >= 0.3 is 6.03 Å². The first-order chi connectivity index (χ1) is 13.8. The van der Waals surface area contributed by atoms with Crippen molar-refractivity contribution in [1.82, 2.24) is 14.8 Å². The number of aromatic amines is 1. The van der Waals surface area contributed by atoms with Gasteiger partial charge in [-0.25, -0.2) is 4.79 Å². The van der Waals surface area contributed by atoms with Crippen molar-refractivity contribution in [3.05, 3.63) is 51.8 Å². The Labute approximate surface area is 175 Å². The molecule has 1 aliphatic heterocycles. The van der Waals surface area contributed by atoms with Crippen LogP contribution in [0.3, 0.4) is 0 Å². The maximum atomic E-state index is 13.0. The number of benzene rings is 1. The smallest absolute Gasteiger partial charge is 0.321 e. The number of nitrogens with zero attached hydrogens (tertiary/aromatic N) is 2. The van der Waals surface area contributed by atoms with Crippen LogP contribution in [0.25, 0.3) is 0 Å². The van der Waals surface area contributed by atoms with E-state index in [0.717, 1.165) is 0 Å². The fraction of sp³-hybridized carbons (Fsp3) is 0.381. The maximum Gasteiger partial charge on any atom is 0.321 e. The lowest BCUT2D eigenvalue weighted by Gasteiger charge is -2.22. The van der Waals surface area contributed by atoms with Gasteiger partial charge in [-0.15, -0.1) is 0 Å². The summed E-state index contributed by atoms with van der Waals surface area (Å²) in [7, 11) is 0. The van der Waals surface area contributed by atoms with Crippen LogP contribution in [-0.4, -0.2) is 58.7 Å². The van der Waals surface area contributed by atoms with Gasteiger partial charge in [0.1, 0.15) is 5.69 Å². The second-order valence-corrected chi connectivity index (χ2v) is 7.69. The molecule has 8 heteroatoms. The van der Waals surface area contributed by atoms with E-state index in [2.05, 4.69) is 10.3 Å². The van der Waals surface area contributed by atoms with E-state index in [1.54, 1.807) is 47.9 Å². The normalized spacial score (nSPS) is 14.5. The summed E-state index contributed by atoms with van der Waals surface area (Å²) in [4.78, 5) is 43.9. The van der Waals surface area contributed by atoms with Gasteiger partial charge in [-0.3, -0.25) is 9.59 Å². The van der Waals surface area contributed by atoms with Crippen LogP contribution in [-0.2, 0) is 0 Å². The Hall–Kier alpha value is -2.80. The zero-order valence-electron chi connectivity index (χ0n) is 16.8. The molecule has 0 radical (unpaired) electrons. The van der Waals surface area contributed by atoms with Gasteiger partial charge in [0.15, 0.2) is 5.78 Å². The average molecular weight is 417 g/mol. The number of halogens is 1. The predicted molar refractivity (Wildman–Crippen MR) is 113 cm³/mol. The Bertz CT molecular complexity index is 953. The zero-order chi connectivity index (χ0) is 21.1. The molecule has 2 aromatic rings. The number of aromatic nitrogens is 1. The Morgan fingerprint density at radius 3 is 2.41 bits per heavy atom. The summed E-state index contributed by atoms with van der Waals surface area (Å²) in [6.45, 7) is 7.04. The molecule has 1 saturated heterocycles. The van der Waals surface area contributed by atoms with Gasteiger partial charge < -0.3 is 20.1 Å². The second kappa shape index (κ2) is 8.69. The molecule has 0 saturated carbocycles.